The van der Waals surface area contributed by atoms with Crippen molar-refractivity contribution in [3.63, 3.8) is 0 Å². The van der Waals surface area contributed by atoms with Crippen molar-refractivity contribution in [3.8, 4) is 5.75 Å². The van der Waals surface area contributed by atoms with E-state index in [1.807, 2.05) is 20.8 Å². The van der Waals surface area contributed by atoms with E-state index in [0.29, 0.717) is 39.3 Å². The van der Waals surface area contributed by atoms with Crippen LogP contribution in [0.1, 0.15) is 37.8 Å². The summed E-state index contributed by atoms with van der Waals surface area (Å²) >= 11 is 18.4. The smallest absolute Gasteiger partial charge is 0.261 e. The predicted octanol–water partition coefficient (Wildman–Crippen LogP) is 5.67. The van der Waals surface area contributed by atoms with Gasteiger partial charge in [0.1, 0.15) is 11.8 Å². The van der Waals surface area contributed by atoms with E-state index in [1.54, 1.807) is 36.4 Å². The Balaban J connectivity index is 2.24. The molecule has 0 aliphatic rings. The highest BCUT2D eigenvalue weighted by Crippen LogP contribution is 2.24. The van der Waals surface area contributed by atoms with Crippen LogP contribution in [0.4, 0.5) is 0 Å². The summed E-state index contributed by atoms with van der Waals surface area (Å²) in [5.41, 5.74) is 1.55. The van der Waals surface area contributed by atoms with Crippen LogP contribution < -0.4 is 10.1 Å². The first-order valence-corrected chi connectivity index (χ1v) is 11.3. The number of rotatable bonds is 10. The van der Waals surface area contributed by atoms with Gasteiger partial charge in [-0.2, -0.15) is 0 Å². The molecule has 2 amide bonds. The minimum absolute atomic E-state index is 0.163. The zero-order valence-corrected chi connectivity index (χ0v) is 20.2. The van der Waals surface area contributed by atoms with Gasteiger partial charge in [0.15, 0.2) is 6.61 Å². The van der Waals surface area contributed by atoms with Gasteiger partial charge in [-0.1, -0.05) is 54.7 Å². The highest BCUT2D eigenvalue weighted by molar-refractivity contribution is 6.35. The number of nitrogens with one attached hydrogen (secondary N) is 1. The Labute approximate surface area is 198 Å². The van der Waals surface area contributed by atoms with E-state index in [9.17, 15) is 9.59 Å². The second-order valence-electron chi connectivity index (χ2n) is 7.17. The average molecular weight is 486 g/mol. The van der Waals surface area contributed by atoms with Gasteiger partial charge in [0.25, 0.3) is 5.91 Å². The summed E-state index contributed by atoms with van der Waals surface area (Å²) < 4.78 is 5.69. The van der Waals surface area contributed by atoms with E-state index in [0.717, 1.165) is 12.0 Å². The number of aryl methyl sites for hydroxylation is 1. The minimum atomic E-state index is -0.652. The Hall–Kier alpha value is -1.95. The zero-order chi connectivity index (χ0) is 23.0. The number of amides is 2. The van der Waals surface area contributed by atoms with Gasteiger partial charge in [0.2, 0.25) is 5.91 Å². The molecule has 168 valence electrons. The first kappa shape index (κ1) is 25.3. The Morgan fingerprint density at radius 1 is 1.06 bits per heavy atom. The Bertz CT molecular complexity index is 921. The summed E-state index contributed by atoms with van der Waals surface area (Å²) in [5, 5.41) is 4.43. The maximum Gasteiger partial charge on any atom is 0.261 e. The molecule has 0 aliphatic heterocycles. The van der Waals surface area contributed by atoms with Crippen LogP contribution in [0.2, 0.25) is 15.1 Å². The van der Waals surface area contributed by atoms with E-state index >= 15 is 0 Å². The maximum absolute atomic E-state index is 13.2. The van der Waals surface area contributed by atoms with Crippen molar-refractivity contribution in [1.82, 2.24) is 10.2 Å². The maximum atomic E-state index is 13.2. The SMILES string of the molecule is CCCNC(=O)[C@@H](CC)N(Cc1ccc(Cl)cc1Cl)C(=O)COc1ccc(Cl)c(C)c1. The Kier molecular flexibility index (Phi) is 9.94. The second-order valence-corrected chi connectivity index (χ2v) is 8.42. The van der Waals surface area contributed by atoms with Crippen LogP contribution in [-0.2, 0) is 16.1 Å². The van der Waals surface area contributed by atoms with Gasteiger partial charge in [-0.05, 0) is 61.2 Å². The number of ether oxygens (including phenoxy) is 1. The molecule has 0 saturated carbocycles. The summed E-state index contributed by atoms with van der Waals surface area (Å²) in [7, 11) is 0. The van der Waals surface area contributed by atoms with Crippen molar-refractivity contribution < 1.29 is 14.3 Å². The number of carbonyl (C=O) groups excluding carboxylic acids is 2. The molecule has 2 aromatic rings. The highest BCUT2D eigenvalue weighted by atomic mass is 35.5. The van der Waals surface area contributed by atoms with Crippen LogP contribution in [0.5, 0.6) is 5.75 Å². The number of hydrogen-bond acceptors (Lipinski definition) is 3. The Morgan fingerprint density at radius 3 is 2.42 bits per heavy atom. The topological polar surface area (TPSA) is 58.6 Å². The minimum Gasteiger partial charge on any atom is -0.484 e. The van der Waals surface area contributed by atoms with Crippen LogP contribution in [0.3, 0.4) is 0 Å². The average Bonchev–Trinajstić information content (AvgIpc) is 2.74. The fourth-order valence-corrected chi connectivity index (χ4v) is 3.64. The quantitative estimate of drug-likeness (QED) is 0.472. The summed E-state index contributed by atoms with van der Waals surface area (Å²) in [6, 6.07) is 9.61. The predicted molar refractivity (Wildman–Crippen MR) is 126 cm³/mol. The third kappa shape index (κ3) is 7.30. The summed E-state index contributed by atoms with van der Waals surface area (Å²) in [6.07, 6.45) is 1.25. The van der Waals surface area contributed by atoms with Crippen LogP contribution >= 0.6 is 34.8 Å². The standard InChI is InChI=1S/C23H27Cl3N2O3/c1-4-10-27-23(30)21(5-2)28(13-16-6-7-17(24)12-20(16)26)22(29)14-31-18-8-9-19(25)15(3)11-18/h6-9,11-12,21H,4-5,10,13-14H2,1-3H3,(H,27,30)/t21-/m1/s1. The fourth-order valence-electron chi connectivity index (χ4n) is 3.05. The molecule has 0 radical (unpaired) electrons. The van der Waals surface area contributed by atoms with Gasteiger partial charge in [0, 0.05) is 28.2 Å². The lowest BCUT2D eigenvalue weighted by molar-refractivity contribution is -0.143. The van der Waals surface area contributed by atoms with Gasteiger partial charge >= 0.3 is 0 Å². The lowest BCUT2D eigenvalue weighted by atomic mass is 10.1. The monoisotopic (exact) mass is 484 g/mol. The fraction of sp³-hybridized carbons (Fsp3) is 0.391. The number of benzene rings is 2. The van der Waals surface area contributed by atoms with E-state index in [1.165, 1.54) is 4.90 Å². The number of nitrogens with zero attached hydrogens (tertiary/aromatic N) is 1. The van der Waals surface area contributed by atoms with Crippen LogP contribution in [0, 0.1) is 6.92 Å². The van der Waals surface area contributed by atoms with Gasteiger partial charge in [0.05, 0.1) is 0 Å². The third-order valence-corrected chi connectivity index (χ3v) is 5.79. The van der Waals surface area contributed by atoms with Crippen molar-refractivity contribution in [2.24, 2.45) is 0 Å². The number of halogens is 3. The molecule has 2 rings (SSSR count). The molecule has 0 heterocycles. The molecule has 1 N–H and O–H groups in total. The van der Waals surface area contributed by atoms with Gasteiger partial charge in [-0.25, -0.2) is 0 Å². The van der Waals surface area contributed by atoms with Crippen LogP contribution in [-0.4, -0.2) is 35.9 Å². The first-order valence-electron chi connectivity index (χ1n) is 10.2. The number of hydrogen-bond donors (Lipinski definition) is 1. The zero-order valence-electron chi connectivity index (χ0n) is 17.9. The molecule has 2 aromatic carbocycles. The van der Waals surface area contributed by atoms with Crippen molar-refractivity contribution >= 4 is 46.6 Å². The summed E-state index contributed by atoms with van der Waals surface area (Å²) in [6.45, 7) is 6.18. The van der Waals surface area contributed by atoms with E-state index < -0.39 is 6.04 Å². The van der Waals surface area contributed by atoms with Crippen LogP contribution in [0.15, 0.2) is 36.4 Å². The molecular weight excluding hydrogens is 459 g/mol. The van der Waals surface area contributed by atoms with Gasteiger partial charge in [-0.3, -0.25) is 9.59 Å². The van der Waals surface area contributed by atoms with Gasteiger partial charge < -0.3 is 15.0 Å². The van der Waals surface area contributed by atoms with E-state index in [4.69, 9.17) is 39.5 Å². The van der Waals surface area contributed by atoms with Crippen LogP contribution in [0.25, 0.3) is 0 Å². The molecule has 5 nitrogen and oxygen atoms in total. The summed E-state index contributed by atoms with van der Waals surface area (Å²) in [4.78, 5) is 27.4. The van der Waals surface area contributed by atoms with Crippen molar-refractivity contribution in [3.05, 3.63) is 62.6 Å². The molecule has 0 aromatic heterocycles. The molecular formula is C23H27Cl3N2O3. The second kappa shape index (κ2) is 12.2. The molecule has 0 spiro atoms. The molecule has 31 heavy (non-hydrogen) atoms. The Morgan fingerprint density at radius 2 is 1.81 bits per heavy atom. The summed E-state index contributed by atoms with van der Waals surface area (Å²) in [5.74, 6) is 0.00505. The molecule has 0 aliphatic carbocycles. The molecule has 8 heteroatoms. The number of carbonyl (C=O) groups is 2. The van der Waals surface area contributed by atoms with Gasteiger partial charge in [-0.15, -0.1) is 0 Å². The highest BCUT2D eigenvalue weighted by Gasteiger charge is 2.29. The molecule has 0 unspecified atom stereocenters. The van der Waals surface area contributed by atoms with Crippen molar-refractivity contribution in [2.75, 3.05) is 13.2 Å². The van der Waals surface area contributed by atoms with Crippen molar-refractivity contribution in [2.45, 2.75) is 46.2 Å². The normalized spacial score (nSPS) is 11.7. The molecule has 0 fully saturated rings. The molecule has 0 saturated heterocycles. The molecule has 0 bridgehead atoms. The van der Waals surface area contributed by atoms with E-state index in [2.05, 4.69) is 5.32 Å². The van der Waals surface area contributed by atoms with Crippen molar-refractivity contribution in [1.29, 1.82) is 0 Å². The molecule has 1 atom stereocenters. The first-order chi connectivity index (χ1) is 14.8. The lowest BCUT2D eigenvalue weighted by Crippen LogP contribution is -2.50. The van der Waals surface area contributed by atoms with E-state index in [-0.39, 0.29) is 25.0 Å². The largest absolute Gasteiger partial charge is 0.484 e. The lowest BCUT2D eigenvalue weighted by Gasteiger charge is -2.31. The third-order valence-electron chi connectivity index (χ3n) is 4.78.